The molecule has 2 heteroatoms. The van der Waals surface area contributed by atoms with Crippen LogP contribution >= 0.6 is 0 Å². The molecule has 0 aromatic heterocycles. The molecule has 0 aliphatic rings. The van der Waals surface area contributed by atoms with Crippen LogP contribution in [0.4, 0.5) is 0 Å². The standard InChI is InChI=1S/C19H25NO/c1-4-17(13-21)20-19(16-8-6-5-7-9-16)18-11-10-14(2)12-15(18)3/h5-12,17,19-21H,4,13H2,1-3H3/t17-,19?/m1/s1. The lowest BCUT2D eigenvalue weighted by molar-refractivity contribution is 0.232. The minimum atomic E-state index is 0.107. The average molecular weight is 283 g/mol. The second kappa shape index (κ2) is 7.39. The fourth-order valence-electron chi connectivity index (χ4n) is 2.70. The van der Waals surface area contributed by atoms with Gasteiger partial charge in [-0.25, -0.2) is 0 Å². The van der Waals surface area contributed by atoms with Crippen molar-refractivity contribution >= 4 is 0 Å². The zero-order chi connectivity index (χ0) is 15.2. The number of rotatable bonds is 6. The summed E-state index contributed by atoms with van der Waals surface area (Å²) in [5.41, 5.74) is 5.07. The van der Waals surface area contributed by atoms with Crippen molar-refractivity contribution in [1.29, 1.82) is 0 Å². The van der Waals surface area contributed by atoms with Crippen LogP contribution in [0.3, 0.4) is 0 Å². The highest BCUT2D eigenvalue weighted by molar-refractivity contribution is 5.39. The van der Waals surface area contributed by atoms with Gasteiger partial charge in [-0.1, -0.05) is 61.0 Å². The highest BCUT2D eigenvalue weighted by Crippen LogP contribution is 2.26. The molecule has 2 rings (SSSR count). The summed E-state index contributed by atoms with van der Waals surface area (Å²) in [6.45, 7) is 6.52. The molecular weight excluding hydrogens is 258 g/mol. The number of aliphatic hydroxyl groups is 1. The Morgan fingerprint density at radius 1 is 1.05 bits per heavy atom. The molecule has 0 aliphatic carbocycles. The van der Waals surface area contributed by atoms with Gasteiger partial charge in [-0.3, -0.25) is 0 Å². The van der Waals surface area contributed by atoms with Crippen molar-refractivity contribution in [2.45, 2.75) is 39.3 Å². The van der Waals surface area contributed by atoms with E-state index >= 15 is 0 Å². The predicted molar refractivity (Wildman–Crippen MR) is 88.5 cm³/mol. The summed E-state index contributed by atoms with van der Waals surface area (Å²) in [7, 11) is 0. The molecule has 2 N–H and O–H groups in total. The molecule has 0 bridgehead atoms. The Kier molecular flexibility index (Phi) is 5.54. The predicted octanol–water partition coefficient (Wildman–Crippen LogP) is 3.75. The Balaban J connectivity index is 2.40. The van der Waals surface area contributed by atoms with Crippen molar-refractivity contribution < 1.29 is 5.11 Å². The molecule has 0 saturated carbocycles. The monoisotopic (exact) mass is 283 g/mol. The Bertz CT molecular complexity index is 561. The fraction of sp³-hybridized carbons (Fsp3) is 0.368. The van der Waals surface area contributed by atoms with Crippen LogP contribution in [0.1, 0.15) is 41.6 Å². The van der Waals surface area contributed by atoms with E-state index < -0.39 is 0 Å². The van der Waals surface area contributed by atoms with Gasteiger partial charge in [0.15, 0.2) is 0 Å². The van der Waals surface area contributed by atoms with Crippen LogP contribution in [0.2, 0.25) is 0 Å². The SMILES string of the molecule is CC[C@H](CO)NC(c1ccccc1)c1ccc(C)cc1C. The van der Waals surface area contributed by atoms with E-state index in [-0.39, 0.29) is 18.7 Å². The van der Waals surface area contributed by atoms with E-state index in [2.05, 4.69) is 68.6 Å². The summed E-state index contributed by atoms with van der Waals surface area (Å²) in [5, 5.41) is 13.1. The van der Waals surface area contributed by atoms with Crippen LogP contribution < -0.4 is 5.32 Å². The third-order valence-corrected chi connectivity index (χ3v) is 3.98. The van der Waals surface area contributed by atoms with Gasteiger partial charge in [0.1, 0.15) is 0 Å². The highest BCUT2D eigenvalue weighted by atomic mass is 16.3. The number of hydrogen-bond acceptors (Lipinski definition) is 2. The third kappa shape index (κ3) is 3.93. The Hall–Kier alpha value is -1.64. The normalized spacial score (nSPS) is 13.9. The molecule has 0 saturated heterocycles. The summed E-state index contributed by atoms with van der Waals surface area (Å²) < 4.78 is 0. The zero-order valence-corrected chi connectivity index (χ0v) is 13.1. The molecule has 0 fully saturated rings. The van der Waals surface area contributed by atoms with E-state index in [0.29, 0.717) is 0 Å². The second-order valence-corrected chi connectivity index (χ2v) is 5.66. The van der Waals surface area contributed by atoms with Gasteiger partial charge < -0.3 is 10.4 Å². The van der Waals surface area contributed by atoms with Gasteiger partial charge >= 0.3 is 0 Å². The summed E-state index contributed by atoms with van der Waals surface area (Å²) >= 11 is 0. The van der Waals surface area contributed by atoms with Crippen molar-refractivity contribution in [3.63, 3.8) is 0 Å². The highest BCUT2D eigenvalue weighted by Gasteiger charge is 2.19. The van der Waals surface area contributed by atoms with E-state index in [1.165, 1.54) is 22.3 Å². The van der Waals surface area contributed by atoms with Gasteiger partial charge in [0, 0.05) is 6.04 Å². The third-order valence-electron chi connectivity index (χ3n) is 3.98. The maximum atomic E-state index is 9.52. The number of nitrogens with one attached hydrogen (secondary N) is 1. The van der Waals surface area contributed by atoms with E-state index in [1.807, 2.05) is 6.07 Å². The number of aryl methyl sites for hydroxylation is 2. The number of hydrogen-bond donors (Lipinski definition) is 2. The maximum Gasteiger partial charge on any atom is 0.0584 e. The zero-order valence-electron chi connectivity index (χ0n) is 13.1. The Labute approximate surface area is 127 Å². The van der Waals surface area contributed by atoms with E-state index in [9.17, 15) is 5.11 Å². The van der Waals surface area contributed by atoms with Crippen LogP contribution in [0.25, 0.3) is 0 Å². The first-order valence-corrected chi connectivity index (χ1v) is 7.64. The van der Waals surface area contributed by atoms with Crippen LogP contribution in [0, 0.1) is 13.8 Å². The van der Waals surface area contributed by atoms with Crippen molar-refractivity contribution in [1.82, 2.24) is 5.32 Å². The van der Waals surface area contributed by atoms with E-state index in [0.717, 1.165) is 6.42 Å². The first-order chi connectivity index (χ1) is 10.2. The lowest BCUT2D eigenvalue weighted by atomic mass is 9.93. The van der Waals surface area contributed by atoms with Gasteiger partial charge in [-0.2, -0.15) is 0 Å². The van der Waals surface area contributed by atoms with Crippen molar-refractivity contribution in [3.05, 3.63) is 70.8 Å². The summed E-state index contributed by atoms with van der Waals surface area (Å²) in [6.07, 6.45) is 0.907. The average Bonchev–Trinajstić information content (AvgIpc) is 2.50. The van der Waals surface area contributed by atoms with E-state index in [4.69, 9.17) is 0 Å². The smallest absolute Gasteiger partial charge is 0.0584 e. The van der Waals surface area contributed by atoms with Gasteiger partial charge in [-0.15, -0.1) is 0 Å². The van der Waals surface area contributed by atoms with Gasteiger partial charge in [0.05, 0.1) is 12.6 Å². The quantitative estimate of drug-likeness (QED) is 0.846. The lowest BCUT2D eigenvalue weighted by Crippen LogP contribution is -2.36. The lowest BCUT2D eigenvalue weighted by Gasteiger charge is -2.26. The van der Waals surface area contributed by atoms with Crippen molar-refractivity contribution in [2.24, 2.45) is 0 Å². The number of benzene rings is 2. The molecule has 1 unspecified atom stereocenters. The molecule has 21 heavy (non-hydrogen) atoms. The van der Waals surface area contributed by atoms with Gasteiger partial charge in [-0.05, 0) is 37.0 Å². The van der Waals surface area contributed by atoms with Crippen molar-refractivity contribution in [3.8, 4) is 0 Å². The minimum absolute atomic E-state index is 0.107. The molecule has 112 valence electrons. The molecule has 0 amide bonds. The molecule has 2 aromatic carbocycles. The Morgan fingerprint density at radius 3 is 2.33 bits per heavy atom. The van der Waals surface area contributed by atoms with Crippen LogP contribution in [0.15, 0.2) is 48.5 Å². The number of aliphatic hydroxyl groups excluding tert-OH is 1. The second-order valence-electron chi connectivity index (χ2n) is 5.66. The molecule has 2 atom stereocenters. The van der Waals surface area contributed by atoms with Crippen LogP contribution in [0.5, 0.6) is 0 Å². The van der Waals surface area contributed by atoms with Crippen LogP contribution in [-0.2, 0) is 0 Å². The molecule has 0 spiro atoms. The van der Waals surface area contributed by atoms with Gasteiger partial charge in [0.25, 0.3) is 0 Å². The molecule has 0 aliphatic heterocycles. The molecule has 0 heterocycles. The van der Waals surface area contributed by atoms with Gasteiger partial charge in [0.2, 0.25) is 0 Å². The fourth-order valence-corrected chi connectivity index (χ4v) is 2.70. The van der Waals surface area contributed by atoms with E-state index in [1.54, 1.807) is 0 Å². The first kappa shape index (κ1) is 15.7. The van der Waals surface area contributed by atoms with Crippen molar-refractivity contribution in [2.75, 3.05) is 6.61 Å². The minimum Gasteiger partial charge on any atom is -0.395 e. The Morgan fingerprint density at radius 2 is 1.76 bits per heavy atom. The molecule has 0 radical (unpaired) electrons. The maximum absolute atomic E-state index is 9.52. The molecular formula is C19H25NO. The first-order valence-electron chi connectivity index (χ1n) is 7.64. The molecule has 2 nitrogen and oxygen atoms in total. The summed E-state index contributed by atoms with van der Waals surface area (Å²) in [4.78, 5) is 0. The largest absolute Gasteiger partial charge is 0.395 e. The summed E-state index contributed by atoms with van der Waals surface area (Å²) in [6, 6.07) is 17.2. The van der Waals surface area contributed by atoms with Crippen LogP contribution in [-0.4, -0.2) is 17.8 Å². The topological polar surface area (TPSA) is 32.3 Å². The summed E-state index contributed by atoms with van der Waals surface area (Å²) in [5.74, 6) is 0. The molecule has 2 aromatic rings.